The highest BCUT2D eigenvalue weighted by Crippen LogP contribution is 2.37. The van der Waals surface area contributed by atoms with E-state index in [9.17, 15) is 28.0 Å². The van der Waals surface area contributed by atoms with Gasteiger partial charge in [0.25, 0.3) is 5.91 Å². The van der Waals surface area contributed by atoms with Crippen LogP contribution in [0.5, 0.6) is 5.75 Å². The number of alkyl halides is 3. The number of rotatable bonds is 8. The molecular weight excluding hydrogens is 489 g/mol. The van der Waals surface area contributed by atoms with Crippen molar-refractivity contribution in [3.05, 3.63) is 52.7 Å². The first-order valence-electron chi connectivity index (χ1n) is 11.8. The molecule has 2 N–H and O–H groups in total. The predicted molar refractivity (Wildman–Crippen MR) is 129 cm³/mol. The van der Waals surface area contributed by atoms with E-state index in [4.69, 9.17) is 9.47 Å². The quantitative estimate of drug-likeness (QED) is 0.480. The van der Waals surface area contributed by atoms with Crippen molar-refractivity contribution in [2.45, 2.75) is 44.8 Å². The average Bonchev–Trinajstić information content (AvgIpc) is 2.90. The summed E-state index contributed by atoms with van der Waals surface area (Å²) in [7, 11) is 2.78. The minimum atomic E-state index is -4.77. The van der Waals surface area contributed by atoms with Gasteiger partial charge in [0.1, 0.15) is 11.6 Å². The van der Waals surface area contributed by atoms with E-state index < -0.39 is 29.5 Å². The molecule has 1 aliphatic rings. The van der Waals surface area contributed by atoms with Gasteiger partial charge in [-0.1, -0.05) is 0 Å². The normalized spacial score (nSPS) is 18.3. The standard InChI is InChI=1S/C26H29F3N4O4/c1-15(20-10-17(12-30)6-9-22(20)36-2)33-23-21(26(27,28)29)11-19(14-31-23)24(34)32-13-16-4-7-18(8-5-16)25(35)37-3/h6,9-11,14-16,18H,4-5,7-8,13H2,1-3H3,(H,31,33)(H,32,34)/t15-,16?,18?/m0/s1. The second kappa shape index (κ2) is 12.0. The minimum absolute atomic E-state index is 0.126. The summed E-state index contributed by atoms with van der Waals surface area (Å²) in [5.41, 5.74) is -0.474. The number of ether oxygens (including phenoxy) is 2. The molecule has 1 aromatic carbocycles. The van der Waals surface area contributed by atoms with Crippen LogP contribution >= 0.6 is 0 Å². The zero-order valence-corrected chi connectivity index (χ0v) is 20.8. The molecule has 1 heterocycles. The average molecular weight is 519 g/mol. The summed E-state index contributed by atoms with van der Waals surface area (Å²) in [6.45, 7) is 1.91. The smallest absolute Gasteiger partial charge is 0.419 e. The van der Waals surface area contributed by atoms with Crippen LogP contribution in [-0.2, 0) is 15.7 Å². The molecule has 2 aromatic rings. The number of anilines is 1. The first-order valence-corrected chi connectivity index (χ1v) is 11.8. The number of halogens is 3. The Morgan fingerprint density at radius 1 is 1.19 bits per heavy atom. The highest BCUT2D eigenvalue weighted by molar-refractivity contribution is 5.94. The topological polar surface area (TPSA) is 113 Å². The van der Waals surface area contributed by atoms with Crippen molar-refractivity contribution in [2.75, 3.05) is 26.1 Å². The molecular formula is C26H29F3N4O4. The van der Waals surface area contributed by atoms with Crippen molar-refractivity contribution in [2.24, 2.45) is 11.8 Å². The SMILES string of the molecule is COC(=O)C1CCC(CNC(=O)c2cnc(N[C@@H](C)c3cc(C#N)ccc3OC)c(C(F)(F)F)c2)CC1. The van der Waals surface area contributed by atoms with E-state index in [1.807, 2.05) is 6.07 Å². The van der Waals surface area contributed by atoms with Gasteiger partial charge in [-0.3, -0.25) is 9.59 Å². The Bertz CT molecular complexity index is 1170. The van der Waals surface area contributed by atoms with Crippen LogP contribution < -0.4 is 15.4 Å². The van der Waals surface area contributed by atoms with Crippen LogP contribution in [0.2, 0.25) is 0 Å². The van der Waals surface area contributed by atoms with Crippen molar-refractivity contribution < 1.29 is 32.2 Å². The molecule has 198 valence electrons. The van der Waals surface area contributed by atoms with Crippen LogP contribution in [0.3, 0.4) is 0 Å². The van der Waals surface area contributed by atoms with Gasteiger partial charge >= 0.3 is 12.1 Å². The van der Waals surface area contributed by atoms with Crippen LogP contribution in [0.25, 0.3) is 0 Å². The van der Waals surface area contributed by atoms with Gasteiger partial charge in [0.15, 0.2) is 0 Å². The van der Waals surface area contributed by atoms with Gasteiger partial charge < -0.3 is 20.1 Å². The maximum Gasteiger partial charge on any atom is 0.419 e. The molecule has 0 radical (unpaired) electrons. The fourth-order valence-corrected chi connectivity index (χ4v) is 4.45. The van der Waals surface area contributed by atoms with Gasteiger partial charge in [-0.2, -0.15) is 18.4 Å². The van der Waals surface area contributed by atoms with E-state index >= 15 is 0 Å². The molecule has 11 heteroatoms. The highest BCUT2D eigenvalue weighted by Gasteiger charge is 2.36. The van der Waals surface area contributed by atoms with Crippen LogP contribution in [0.15, 0.2) is 30.5 Å². The molecule has 37 heavy (non-hydrogen) atoms. The van der Waals surface area contributed by atoms with Gasteiger partial charge in [0, 0.05) is 18.3 Å². The number of amides is 1. The lowest BCUT2D eigenvalue weighted by atomic mass is 9.82. The lowest BCUT2D eigenvalue weighted by Crippen LogP contribution is -2.33. The van der Waals surface area contributed by atoms with Crippen LogP contribution in [0.4, 0.5) is 19.0 Å². The summed E-state index contributed by atoms with van der Waals surface area (Å²) in [4.78, 5) is 28.2. The molecule has 0 spiro atoms. The second-order valence-electron chi connectivity index (χ2n) is 9.00. The Kier molecular flexibility index (Phi) is 8.97. The first-order chi connectivity index (χ1) is 17.6. The number of methoxy groups -OCH3 is 2. The maximum absolute atomic E-state index is 13.9. The number of aromatic nitrogens is 1. The molecule has 0 saturated heterocycles. The third-order valence-electron chi connectivity index (χ3n) is 6.57. The van der Waals surface area contributed by atoms with Crippen LogP contribution in [-0.4, -0.2) is 37.6 Å². The van der Waals surface area contributed by atoms with Crippen molar-refractivity contribution in [3.8, 4) is 11.8 Å². The first kappa shape index (κ1) is 27.8. The van der Waals surface area contributed by atoms with Crippen LogP contribution in [0.1, 0.15) is 65.7 Å². The number of benzene rings is 1. The Balaban J connectivity index is 1.72. The summed E-state index contributed by atoms with van der Waals surface area (Å²) < 4.78 is 51.8. The summed E-state index contributed by atoms with van der Waals surface area (Å²) >= 11 is 0. The zero-order valence-electron chi connectivity index (χ0n) is 20.8. The lowest BCUT2D eigenvalue weighted by Gasteiger charge is -2.27. The van der Waals surface area contributed by atoms with E-state index in [0.29, 0.717) is 49.1 Å². The molecule has 1 amide bonds. The van der Waals surface area contributed by atoms with Gasteiger partial charge in [-0.05, 0) is 62.8 Å². The van der Waals surface area contributed by atoms with E-state index in [0.717, 1.165) is 12.3 Å². The molecule has 1 aliphatic carbocycles. The largest absolute Gasteiger partial charge is 0.496 e. The number of nitriles is 1. The number of nitrogens with one attached hydrogen (secondary N) is 2. The number of nitrogens with zero attached hydrogens (tertiary/aromatic N) is 2. The van der Waals surface area contributed by atoms with Crippen molar-refractivity contribution in [1.29, 1.82) is 5.26 Å². The number of hydrogen-bond acceptors (Lipinski definition) is 7. The Labute approximate surface area is 213 Å². The summed E-state index contributed by atoms with van der Waals surface area (Å²) in [6, 6.07) is 6.73. The van der Waals surface area contributed by atoms with Gasteiger partial charge in [-0.25, -0.2) is 4.98 Å². The molecule has 1 saturated carbocycles. The molecule has 3 rings (SSSR count). The maximum atomic E-state index is 13.9. The summed E-state index contributed by atoms with van der Waals surface area (Å²) in [5, 5.41) is 14.6. The Morgan fingerprint density at radius 2 is 1.89 bits per heavy atom. The molecule has 1 atom stereocenters. The molecule has 0 unspecified atom stereocenters. The number of carbonyl (C=O) groups excluding carboxylic acids is 2. The number of carbonyl (C=O) groups is 2. The molecule has 0 aliphatic heterocycles. The highest BCUT2D eigenvalue weighted by atomic mass is 19.4. The van der Waals surface area contributed by atoms with E-state index in [2.05, 4.69) is 15.6 Å². The third-order valence-corrected chi connectivity index (χ3v) is 6.57. The Hall–Kier alpha value is -3.81. The van der Waals surface area contributed by atoms with E-state index in [1.54, 1.807) is 19.1 Å². The monoisotopic (exact) mass is 518 g/mol. The number of esters is 1. The van der Waals surface area contributed by atoms with Crippen molar-refractivity contribution in [3.63, 3.8) is 0 Å². The predicted octanol–water partition coefficient (Wildman–Crippen LogP) is 4.86. The molecule has 1 fully saturated rings. The van der Waals surface area contributed by atoms with Gasteiger partial charge in [-0.15, -0.1) is 0 Å². The molecule has 1 aromatic heterocycles. The van der Waals surface area contributed by atoms with Crippen molar-refractivity contribution in [1.82, 2.24) is 10.3 Å². The van der Waals surface area contributed by atoms with E-state index in [-0.39, 0.29) is 23.4 Å². The zero-order chi connectivity index (χ0) is 27.2. The summed E-state index contributed by atoms with van der Waals surface area (Å²) in [6.07, 6.45) is -0.958. The van der Waals surface area contributed by atoms with Gasteiger partial charge in [0.2, 0.25) is 0 Å². The minimum Gasteiger partial charge on any atom is -0.496 e. The molecule has 0 bridgehead atoms. The molecule has 8 nitrogen and oxygen atoms in total. The fourth-order valence-electron chi connectivity index (χ4n) is 4.45. The number of hydrogen-bond donors (Lipinski definition) is 2. The van der Waals surface area contributed by atoms with Gasteiger partial charge in [0.05, 0.1) is 48.9 Å². The van der Waals surface area contributed by atoms with E-state index in [1.165, 1.54) is 20.3 Å². The third kappa shape index (κ3) is 6.90. The van der Waals surface area contributed by atoms with Crippen molar-refractivity contribution >= 4 is 17.7 Å². The van der Waals surface area contributed by atoms with Crippen LogP contribution in [0, 0.1) is 23.2 Å². The fraction of sp³-hybridized carbons (Fsp3) is 0.462. The lowest BCUT2D eigenvalue weighted by molar-refractivity contribution is -0.146. The number of pyridine rings is 1. The second-order valence-corrected chi connectivity index (χ2v) is 9.00. The Morgan fingerprint density at radius 3 is 2.49 bits per heavy atom. The summed E-state index contributed by atoms with van der Waals surface area (Å²) in [5.74, 6) is -0.962.